The zero-order chi connectivity index (χ0) is 15.8. The number of methoxy groups -OCH3 is 1. The molecule has 0 spiro atoms. The van der Waals surface area contributed by atoms with Crippen LogP contribution < -0.4 is 10.6 Å². The third-order valence-corrected chi connectivity index (χ3v) is 3.45. The van der Waals surface area contributed by atoms with Crippen LogP contribution in [0.4, 0.5) is 5.00 Å². The Morgan fingerprint density at radius 3 is 2.71 bits per heavy atom. The number of rotatable bonds is 8. The quantitative estimate of drug-likeness (QED) is 0.626. The van der Waals surface area contributed by atoms with Gasteiger partial charge in [0.1, 0.15) is 11.6 Å². The van der Waals surface area contributed by atoms with E-state index < -0.39 is 5.97 Å². The molecule has 0 unspecified atom stereocenters. The summed E-state index contributed by atoms with van der Waals surface area (Å²) >= 11 is 1.30. The fourth-order valence-electron chi connectivity index (χ4n) is 1.61. The minimum atomic E-state index is -0.900. The van der Waals surface area contributed by atoms with Crippen molar-refractivity contribution in [2.75, 3.05) is 25.6 Å². The number of carbonyl (C=O) groups is 3. The molecule has 3 N–H and O–H groups in total. The van der Waals surface area contributed by atoms with Gasteiger partial charge in [0.15, 0.2) is 0 Å². The van der Waals surface area contributed by atoms with Gasteiger partial charge in [-0.1, -0.05) is 0 Å². The SMILES string of the molecule is COCC(=O)Nc1sc(C)cc1C(=O)NCCCC(=O)O. The number of carbonyl (C=O) groups excluding carboxylic acids is 2. The second-order valence-corrected chi connectivity index (χ2v) is 5.59. The number of aliphatic carboxylic acids is 1. The van der Waals surface area contributed by atoms with Crippen molar-refractivity contribution < 1.29 is 24.2 Å². The van der Waals surface area contributed by atoms with Crippen molar-refractivity contribution in [2.24, 2.45) is 0 Å². The Labute approximate surface area is 126 Å². The van der Waals surface area contributed by atoms with Crippen LogP contribution in [0.15, 0.2) is 6.07 Å². The zero-order valence-electron chi connectivity index (χ0n) is 11.9. The highest BCUT2D eigenvalue weighted by Crippen LogP contribution is 2.27. The van der Waals surface area contributed by atoms with Gasteiger partial charge in [-0.15, -0.1) is 11.3 Å². The summed E-state index contributed by atoms with van der Waals surface area (Å²) in [5, 5.41) is 14.2. The molecule has 0 radical (unpaired) electrons. The maximum absolute atomic E-state index is 12.0. The number of anilines is 1. The van der Waals surface area contributed by atoms with Crippen molar-refractivity contribution in [1.29, 1.82) is 0 Å². The standard InChI is InChI=1S/C13H18N2O5S/c1-8-6-9(12(19)14-5-3-4-11(17)18)13(21-8)15-10(16)7-20-2/h6H,3-5,7H2,1-2H3,(H,14,19)(H,15,16)(H,17,18). The number of ether oxygens (including phenoxy) is 1. The molecule has 0 bridgehead atoms. The van der Waals surface area contributed by atoms with Crippen LogP contribution in [0.2, 0.25) is 0 Å². The van der Waals surface area contributed by atoms with E-state index in [9.17, 15) is 14.4 Å². The number of aryl methyl sites for hydroxylation is 1. The minimum absolute atomic E-state index is 0.000374. The molecular weight excluding hydrogens is 296 g/mol. The Balaban J connectivity index is 2.62. The zero-order valence-corrected chi connectivity index (χ0v) is 12.7. The Morgan fingerprint density at radius 1 is 1.38 bits per heavy atom. The van der Waals surface area contributed by atoms with E-state index in [1.54, 1.807) is 6.07 Å². The predicted molar refractivity (Wildman–Crippen MR) is 78.8 cm³/mol. The fourth-order valence-corrected chi connectivity index (χ4v) is 2.53. The Hall–Kier alpha value is -1.93. The van der Waals surface area contributed by atoms with E-state index in [-0.39, 0.29) is 31.4 Å². The van der Waals surface area contributed by atoms with Crippen LogP contribution in [0.25, 0.3) is 0 Å². The second kappa shape index (κ2) is 8.38. The molecule has 0 aromatic carbocycles. The summed E-state index contributed by atoms with van der Waals surface area (Å²) < 4.78 is 4.72. The van der Waals surface area contributed by atoms with Crippen LogP contribution in [0, 0.1) is 6.92 Å². The first-order valence-corrected chi connectivity index (χ1v) is 7.15. The van der Waals surface area contributed by atoms with Crippen molar-refractivity contribution in [3.8, 4) is 0 Å². The van der Waals surface area contributed by atoms with Crippen molar-refractivity contribution >= 4 is 34.1 Å². The van der Waals surface area contributed by atoms with Gasteiger partial charge in [0.05, 0.1) is 5.56 Å². The highest BCUT2D eigenvalue weighted by atomic mass is 32.1. The molecule has 0 fully saturated rings. The van der Waals surface area contributed by atoms with E-state index in [1.165, 1.54) is 18.4 Å². The smallest absolute Gasteiger partial charge is 0.303 e. The first-order chi connectivity index (χ1) is 9.93. The molecule has 0 atom stereocenters. The molecule has 1 heterocycles. The highest BCUT2D eigenvalue weighted by Gasteiger charge is 2.16. The molecule has 1 aromatic heterocycles. The molecule has 1 aromatic rings. The Kier molecular flexibility index (Phi) is 6.83. The minimum Gasteiger partial charge on any atom is -0.481 e. The summed E-state index contributed by atoms with van der Waals surface area (Å²) in [6.07, 6.45) is 0.357. The normalized spacial score (nSPS) is 10.2. The monoisotopic (exact) mass is 314 g/mol. The summed E-state index contributed by atoms with van der Waals surface area (Å²) in [4.78, 5) is 34.8. The first kappa shape index (κ1) is 17.1. The van der Waals surface area contributed by atoms with Gasteiger partial charge in [0.2, 0.25) is 0 Å². The van der Waals surface area contributed by atoms with Crippen LogP contribution in [0.3, 0.4) is 0 Å². The van der Waals surface area contributed by atoms with E-state index >= 15 is 0 Å². The third-order valence-electron chi connectivity index (χ3n) is 2.48. The van der Waals surface area contributed by atoms with Gasteiger partial charge < -0.3 is 20.5 Å². The number of nitrogens with one attached hydrogen (secondary N) is 2. The summed E-state index contributed by atoms with van der Waals surface area (Å²) in [7, 11) is 1.41. The van der Waals surface area contributed by atoms with E-state index in [2.05, 4.69) is 10.6 Å². The highest BCUT2D eigenvalue weighted by molar-refractivity contribution is 7.16. The number of carboxylic acids is 1. The first-order valence-electron chi connectivity index (χ1n) is 6.33. The van der Waals surface area contributed by atoms with Crippen LogP contribution >= 0.6 is 11.3 Å². The van der Waals surface area contributed by atoms with Crippen molar-refractivity contribution in [3.63, 3.8) is 0 Å². The van der Waals surface area contributed by atoms with Crippen molar-refractivity contribution in [3.05, 3.63) is 16.5 Å². The van der Waals surface area contributed by atoms with Crippen molar-refractivity contribution in [2.45, 2.75) is 19.8 Å². The summed E-state index contributed by atoms with van der Waals surface area (Å²) in [5.41, 5.74) is 0.372. The largest absolute Gasteiger partial charge is 0.481 e. The average molecular weight is 314 g/mol. The second-order valence-electron chi connectivity index (χ2n) is 4.33. The third kappa shape index (κ3) is 5.92. The average Bonchev–Trinajstić information content (AvgIpc) is 2.75. The maximum atomic E-state index is 12.0. The van der Waals surface area contributed by atoms with Crippen LogP contribution in [-0.2, 0) is 14.3 Å². The number of amides is 2. The van der Waals surface area contributed by atoms with E-state index in [0.717, 1.165) is 4.88 Å². The summed E-state index contributed by atoms with van der Waals surface area (Å²) in [6, 6.07) is 1.68. The maximum Gasteiger partial charge on any atom is 0.303 e. The van der Waals surface area contributed by atoms with Gasteiger partial charge in [-0.25, -0.2) is 0 Å². The molecule has 0 aliphatic carbocycles. The molecule has 21 heavy (non-hydrogen) atoms. The molecule has 0 aliphatic heterocycles. The van der Waals surface area contributed by atoms with E-state index in [0.29, 0.717) is 17.0 Å². The molecule has 0 saturated heterocycles. The van der Waals surface area contributed by atoms with E-state index in [1.807, 2.05) is 6.92 Å². The van der Waals surface area contributed by atoms with Crippen molar-refractivity contribution in [1.82, 2.24) is 5.32 Å². The van der Waals surface area contributed by atoms with Crippen LogP contribution in [0.1, 0.15) is 28.1 Å². The summed E-state index contributed by atoms with van der Waals surface area (Å²) in [6.45, 7) is 2.01. The van der Waals surface area contributed by atoms with E-state index in [4.69, 9.17) is 9.84 Å². The lowest BCUT2D eigenvalue weighted by molar-refractivity contribution is -0.137. The Morgan fingerprint density at radius 2 is 2.10 bits per heavy atom. The number of hydrogen-bond donors (Lipinski definition) is 3. The van der Waals surface area contributed by atoms with Gasteiger partial charge in [0.25, 0.3) is 11.8 Å². The van der Waals surface area contributed by atoms with Crippen LogP contribution in [0.5, 0.6) is 0 Å². The topological polar surface area (TPSA) is 105 Å². The molecule has 7 nitrogen and oxygen atoms in total. The molecule has 2 amide bonds. The lowest BCUT2D eigenvalue weighted by atomic mass is 10.2. The van der Waals surface area contributed by atoms with Gasteiger partial charge in [-0.2, -0.15) is 0 Å². The number of thiophene rings is 1. The molecular formula is C13H18N2O5S. The number of carboxylic acid groups (broad SMARTS) is 1. The molecule has 0 aliphatic rings. The van der Waals surface area contributed by atoms with Gasteiger partial charge in [-0.05, 0) is 19.4 Å². The summed E-state index contributed by atoms with van der Waals surface area (Å²) in [5.74, 6) is -1.57. The van der Waals surface area contributed by atoms with Gasteiger partial charge in [0, 0.05) is 25.0 Å². The number of hydrogen-bond acceptors (Lipinski definition) is 5. The Bertz CT molecular complexity index is 527. The predicted octanol–water partition coefficient (Wildman–Crippen LogP) is 1.24. The fraction of sp³-hybridized carbons (Fsp3) is 0.462. The molecule has 1 rings (SSSR count). The van der Waals surface area contributed by atoms with Gasteiger partial charge >= 0.3 is 5.97 Å². The van der Waals surface area contributed by atoms with Crippen LogP contribution in [-0.4, -0.2) is 43.2 Å². The molecule has 8 heteroatoms. The lowest BCUT2D eigenvalue weighted by Gasteiger charge is -2.06. The van der Waals surface area contributed by atoms with Gasteiger partial charge in [-0.3, -0.25) is 14.4 Å². The molecule has 0 saturated carbocycles. The lowest BCUT2D eigenvalue weighted by Crippen LogP contribution is -2.26. The molecule has 116 valence electrons.